The lowest BCUT2D eigenvalue weighted by molar-refractivity contribution is -0.141. The Balaban J connectivity index is 2.07. The average Bonchev–Trinajstić information content (AvgIpc) is 2.96. The molecule has 0 spiro atoms. The van der Waals surface area contributed by atoms with Gasteiger partial charge in [-0.15, -0.1) is 5.92 Å². The van der Waals surface area contributed by atoms with Crippen LogP contribution in [0.25, 0.3) is 0 Å². The molecule has 23 heavy (non-hydrogen) atoms. The summed E-state index contributed by atoms with van der Waals surface area (Å²) in [4.78, 5) is 11.2. The van der Waals surface area contributed by atoms with E-state index >= 15 is 0 Å². The maximum atomic E-state index is 12.4. The van der Waals surface area contributed by atoms with Gasteiger partial charge < -0.3 is 9.84 Å². The van der Waals surface area contributed by atoms with Gasteiger partial charge in [-0.05, 0) is 44.0 Å². The Morgan fingerprint density at radius 2 is 2.04 bits per heavy atom. The Kier molecular flexibility index (Phi) is 5.64. The van der Waals surface area contributed by atoms with Gasteiger partial charge in [0, 0.05) is 6.04 Å². The number of carboxylic acids is 1. The summed E-state index contributed by atoms with van der Waals surface area (Å²) < 4.78 is 32.6. The average molecular weight is 337 g/mol. The van der Waals surface area contributed by atoms with Crippen LogP contribution < -0.4 is 9.46 Å². The van der Waals surface area contributed by atoms with Crippen molar-refractivity contribution in [3.8, 4) is 17.6 Å². The summed E-state index contributed by atoms with van der Waals surface area (Å²) in [7, 11) is -3.75. The second-order valence-electron chi connectivity index (χ2n) is 5.29. The van der Waals surface area contributed by atoms with E-state index in [1.54, 1.807) is 19.1 Å². The molecule has 2 rings (SSSR count). The summed E-state index contributed by atoms with van der Waals surface area (Å²) in [6.07, 6.45) is 1.73. The van der Waals surface area contributed by atoms with Crippen LogP contribution in [0.5, 0.6) is 5.75 Å². The third-order valence-electron chi connectivity index (χ3n) is 3.76. The highest BCUT2D eigenvalue weighted by Crippen LogP contribution is 2.27. The Morgan fingerprint density at radius 3 is 2.65 bits per heavy atom. The number of nitrogens with one attached hydrogen (secondary N) is 1. The normalized spacial score (nSPS) is 20.6. The smallest absolute Gasteiger partial charge is 0.308 e. The topological polar surface area (TPSA) is 92.7 Å². The number of hydrogen-bond acceptors (Lipinski definition) is 4. The molecule has 0 unspecified atom stereocenters. The second kappa shape index (κ2) is 7.49. The molecule has 1 aromatic carbocycles. The molecule has 0 bridgehead atoms. The molecule has 1 aliphatic carbocycles. The van der Waals surface area contributed by atoms with Crippen LogP contribution in [0.4, 0.5) is 0 Å². The fourth-order valence-electron chi connectivity index (χ4n) is 2.57. The molecule has 0 aromatic heterocycles. The highest BCUT2D eigenvalue weighted by molar-refractivity contribution is 7.89. The van der Waals surface area contributed by atoms with Crippen LogP contribution in [0.3, 0.4) is 0 Å². The maximum Gasteiger partial charge on any atom is 0.308 e. The van der Waals surface area contributed by atoms with Crippen LogP contribution >= 0.6 is 0 Å². The third kappa shape index (κ3) is 4.47. The quantitative estimate of drug-likeness (QED) is 0.770. The largest absolute Gasteiger partial charge is 0.481 e. The summed E-state index contributed by atoms with van der Waals surface area (Å²) in [5.41, 5.74) is 0. The van der Waals surface area contributed by atoms with Gasteiger partial charge in [0.2, 0.25) is 10.0 Å². The van der Waals surface area contributed by atoms with E-state index in [9.17, 15) is 13.2 Å². The van der Waals surface area contributed by atoms with Gasteiger partial charge in [0.15, 0.2) is 0 Å². The predicted octanol–water partition coefficient (Wildman–Crippen LogP) is 1.62. The molecule has 7 heteroatoms. The molecule has 1 aliphatic rings. The molecular formula is C16H19NO5S. The SMILES string of the molecule is CC#CCOc1ccc(S(=O)(=O)N[C@@H]2CCC[C@@H]2C(=O)O)cc1. The van der Waals surface area contributed by atoms with E-state index in [0.717, 1.165) is 0 Å². The standard InChI is InChI=1S/C16H19NO5S/c1-2-3-11-22-12-7-9-13(10-8-12)23(20,21)17-15-6-4-5-14(15)16(18)19/h7-10,14-15,17H,4-6,11H2,1H3,(H,18,19)/t14-,15+/m0/s1. The van der Waals surface area contributed by atoms with Gasteiger partial charge in [0.05, 0.1) is 10.8 Å². The van der Waals surface area contributed by atoms with Gasteiger partial charge in [0.1, 0.15) is 12.4 Å². The predicted molar refractivity (Wildman–Crippen MR) is 84.5 cm³/mol. The zero-order valence-corrected chi connectivity index (χ0v) is 13.6. The van der Waals surface area contributed by atoms with Crippen molar-refractivity contribution in [1.82, 2.24) is 4.72 Å². The van der Waals surface area contributed by atoms with Crippen molar-refractivity contribution in [1.29, 1.82) is 0 Å². The van der Waals surface area contributed by atoms with Crippen molar-refractivity contribution in [2.75, 3.05) is 6.61 Å². The summed E-state index contributed by atoms with van der Waals surface area (Å²) in [6.45, 7) is 1.95. The first kappa shape index (κ1) is 17.3. The molecule has 2 N–H and O–H groups in total. The third-order valence-corrected chi connectivity index (χ3v) is 5.27. The Bertz CT molecular complexity index is 715. The minimum atomic E-state index is -3.75. The molecule has 0 amide bonds. The molecule has 2 atom stereocenters. The van der Waals surface area contributed by atoms with Gasteiger partial charge in [-0.3, -0.25) is 4.79 Å². The van der Waals surface area contributed by atoms with Gasteiger partial charge in [0.25, 0.3) is 0 Å². The van der Waals surface area contributed by atoms with Crippen LogP contribution in [-0.4, -0.2) is 32.1 Å². The molecule has 124 valence electrons. The molecular weight excluding hydrogens is 318 g/mol. The first-order valence-electron chi connectivity index (χ1n) is 7.31. The van der Waals surface area contributed by atoms with Gasteiger partial charge in [-0.25, -0.2) is 13.1 Å². The lowest BCUT2D eigenvalue weighted by Gasteiger charge is -2.17. The minimum Gasteiger partial charge on any atom is -0.481 e. The number of carbonyl (C=O) groups is 1. The van der Waals surface area contributed by atoms with Crippen LogP contribution in [0, 0.1) is 17.8 Å². The number of hydrogen-bond donors (Lipinski definition) is 2. The number of aliphatic carboxylic acids is 1. The zero-order valence-electron chi connectivity index (χ0n) is 12.8. The number of sulfonamides is 1. The molecule has 6 nitrogen and oxygen atoms in total. The Morgan fingerprint density at radius 1 is 1.35 bits per heavy atom. The van der Waals surface area contributed by atoms with E-state index in [0.29, 0.717) is 25.0 Å². The number of rotatable bonds is 6. The Labute approximate surface area is 135 Å². The van der Waals surface area contributed by atoms with Gasteiger partial charge in [-0.1, -0.05) is 12.3 Å². The highest BCUT2D eigenvalue weighted by atomic mass is 32.2. The second-order valence-corrected chi connectivity index (χ2v) is 7.00. The first-order valence-corrected chi connectivity index (χ1v) is 8.80. The van der Waals surface area contributed by atoms with E-state index in [2.05, 4.69) is 16.6 Å². The lowest BCUT2D eigenvalue weighted by atomic mass is 10.1. The number of ether oxygens (including phenoxy) is 1. The first-order chi connectivity index (χ1) is 10.9. The molecule has 1 saturated carbocycles. The van der Waals surface area contributed by atoms with E-state index in [4.69, 9.17) is 9.84 Å². The van der Waals surface area contributed by atoms with Crippen molar-refractivity contribution >= 4 is 16.0 Å². The summed E-state index contributed by atoms with van der Waals surface area (Å²) in [5.74, 6) is 4.34. The fraction of sp³-hybridized carbons (Fsp3) is 0.438. The van der Waals surface area contributed by atoms with Crippen LogP contribution in [0.1, 0.15) is 26.2 Å². The Hall–Kier alpha value is -2.04. The summed E-state index contributed by atoms with van der Waals surface area (Å²) in [6, 6.07) is 5.40. The van der Waals surface area contributed by atoms with E-state index in [-0.39, 0.29) is 11.5 Å². The van der Waals surface area contributed by atoms with Crippen LogP contribution in [0.15, 0.2) is 29.2 Å². The number of benzene rings is 1. The van der Waals surface area contributed by atoms with Crippen molar-refractivity contribution in [3.63, 3.8) is 0 Å². The van der Waals surface area contributed by atoms with Gasteiger partial charge >= 0.3 is 5.97 Å². The monoisotopic (exact) mass is 337 g/mol. The lowest BCUT2D eigenvalue weighted by Crippen LogP contribution is -2.40. The minimum absolute atomic E-state index is 0.0856. The maximum absolute atomic E-state index is 12.4. The zero-order chi connectivity index (χ0) is 16.9. The molecule has 1 aromatic rings. The fourth-order valence-corrected chi connectivity index (χ4v) is 3.88. The van der Waals surface area contributed by atoms with Crippen molar-refractivity contribution in [2.45, 2.75) is 37.1 Å². The molecule has 0 heterocycles. The van der Waals surface area contributed by atoms with Gasteiger partial charge in [-0.2, -0.15) is 0 Å². The molecule has 0 aliphatic heterocycles. The van der Waals surface area contributed by atoms with E-state index < -0.39 is 28.0 Å². The molecule has 0 radical (unpaired) electrons. The molecule has 1 fully saturated rings. The van der Waals surface area contributed by atoms with E-state index in [1.165, 1.54) is 12.1 Å². The van der Waals surface area contributed by atoms with Crippen LogP contribution in [0.2, 0.25) is 0 Å². The molecule has 0 saturated heterocycles. The highest BCUT2D eigenvalue weighted by Gasteiger charge is 2.35. The summed E-state index contributed by atoms with van der Waals surface area (Å²) in [5, 5.41) is 9.13. The summed E-state index contributed by atoms with van der Waals surface area (Å²) >= 11 is 0. The van der Waals surface area contributed by atoms with E-state index in [1.807, 2.05) is 0 Å². The van der Waals surface area contributed by atoms with Crippen molar-refractivity contribution < 1.29 is 23.1 Å². The van der Waals surface area contributed by atoms with Crippen molar-refractivity contribution in [2.24, 2.45) is 5.92 Å². The van der Waals surface area contributed by atoms with Crippen molar-refractivity contribution in [3.05, 3.63) is 24.3 Å². The van der Waals surface area contributed by atoms with Crippen LogP contribution in [-0.2, 0) is 14.8 Å². The number of carboxylic acid groups (broad SMARTS) is 1.